The van der Waals surface area contributed by atoms with Crippen LogP contribution in [-0.4, -0.2) is 29.8 Å². The molecule has 0 aliphatic heterocycles. The number of aryl methyl sites for hydroxylation is 1. The highest BCUT2D eigenvalue weighted by Crippen LogP contribution is 2.34. The molecule has 0 radical (unpaired) electrons. The number of hydrogen-bond donors (Lipinski definition) is 1. The van der Waals surface area contributed by atoms with Gasteiger partial charge < -0.3 is 19.5 Å². The molecule has 10 heteroatoms. The maximum Gasteiger partial charge on any atom is 0.416 e. The zero-order valence-electron chi connectivity index (χ0n) is 20.9. The van der Waals surface area contributed by atoms with Crippen molar-refractivity contribution < 1.29 is 37.0 Å². The van der Waals surface area contributed by atoms with Crippen LogP contribution in [0.4, 0.5) is 18.0 Å². The minimum absolute atomic E-state index is 0.0343. The summed E-state index contributed by atoms with van der Waals surface area (Å²) in [6, 6.07) is 9.38. The second-order valence-electron chi connectivity index (χ2n) is 9.41. The molecule has 0 aromatic heterocycles. The molecule has 2 aromatic carbocycles. The summed E-state index contributed by atoms with van der Waals surface area (Å²) in [5.41, 5.74) is -2.11. The van der Waals surface area contributed by atoms with Gasteiger partial charge in [0.2, 0.25) is 0 Å². The molecule has 2 rings (SSSR count). The van der Waals surface area contributed by atoms with Crippen LogP contribution >= 0.6 is 11.6 Å². The molecule has 36 heavy (non-hydrogen) atoms. The standard InChI is InChI=1S/C26H31ClF3NO5/c1-6-34-22(32)25(5,31-23(33)36-24(2,3)4)14-8-9-17-12-13-20(16-21(17)27)35-19-11-7-10-18(15-19)26(28,29)30/h7,10-13,15-16H,6,8-9,14H2,1-5H3,(H,31,33)/t25-/m0/s1. The van der Waals surface area contributed by atoms with E-state index in [4.69, 9.17) is 25.8 Å². The lowest BCUT2D eigenvalue weighted by atomic mass is 9.93. The van der Waals surface area contributed by atoms with E-state index in [0.717, 1.165) is 17.7 Å². The van der Waals surface area contributed by atoms with Gasteiger partial charge in [0.25, 0.3) is 0 Å². The number of alkyl halides is 3. The van der Waals surface area contributed by atoms with Gasteiger partial charge in [-0.3, -0.25) is 0 Å². The number of hydrogen-bond acceptors (Lipinski definition) is 5. The molecule has 0 unspecified atom stereocenters. The summed E-state index contributed by atoms with van der Waals surface area (Å²) in [5, 5.41) is 2.98. The molecular weight excluding hydrogens is 499 g/mol. The topological polar surface area (TPSA) is 73.9 Å². The summed E-state index contributed by atoms with van der Waals surface area (Å²) in [6.45, 7) is 8.56. The predicted octanol–water partition coefficient (Wildman–Crippen LogP) is 7.32. The SMILES string of the molecule is CCOC(=O)[C@](C)(CCCc1ccc(Oc2cccc(C(F)(F)F)c2)cc1Cl)NC(=O)OC(C)(C)C. The van der Waals surface area contributed by atoms with Crippen molar-refractivity contribution in [3.05, 3.63) is 58.6 Å². The van der Waals surface area contributed by atoms with Crippen LogP contribution in [0.2, 0.25) is 5.02 Å². The van der Waals surface area contributed by atoms with E-state index in [1.807, 2.05) is 0 Å². The Bertz CT molecular complexity index is 1070. The molecule has 0 fully saturated rings. The van der Waals surface area contributed by atoms with Gasteiger partial charge in [-0.15, -0.1) is 0 Å². The molecule has 0 heterocycles. The van der Waals surface area contributed by atoms with Crippen molar-refractivity contribution in [2.45, 2.75) is 71.2 Å². The number of nitrogens with one attached hydrogen (secondary N) is 1. The van der Waals surface area contributed by atoms with Gasteiger partial charge in [0.15, 0.2) is 0 Å². The summed E-state index contributed by atoms with van der Waals surface area (Å²) in [5.74, 6) is -0.259. The third kappa shape index (κ3) is 8.93. The monoisotopic (exact) mass is 529 g/mol. The fourth-order valence-electron chi connectivity index (χ4n) is 3.33. The number of benzene rings is 2. The van der Waals surface area contributed by atoms with Gasteiger partial charge in [0.05, 0.1) is 12.2 Å². The minimum atomic E-state index is -4.47. The van der Waals surface area contributed by atoms with Crippen LogP contribution in [0.15, 0.2) is 42.5 Å². The van der Waals surface area contributed by atoms with Crippen LogP contribution in [0.1, 0.15) is 58.6 Å². The zero-order valence-corrected chi connectivity index (χ0v) is 21.7. The summed E-state index contributed by atoms with van der Waals surface area (Å²) in [6.07, 6.45) is -4.01. The minimum Gasteiger partial charge on any atom is -0.464 e. The normalized spacial score (nSPS) is 13.5. The maximum absolute atomic E-state index is 12.9. The lowest BCUT2D eigenvalue weighted by Gasteiger charge is -2.30. The van der Waals surface area contributed by atoms with Gasteiger partial charge >= 0.3 is 18.2 Å². The van der Waals surface area contributed by atoms with E-state index in [-0.39, 0.29) is 24.5 Å². The molecule has 1 amide bonds. The van der Waals surface area contributed by atoms with Crippen LogP contribution in [0.25, 0.3) is 0 Å². The highest BCUT2D eigenvalue weighted by molar-refractivity contribution is 6.31. The number of carbonyl (C=O) groups is 2. The van der Waals surface area contributed by atoms with Gasteiger partial charge in [-0.25, -0.2) is 9.59 Å². The summed E-state index contributed by atoms with van der Waals surface area (Å²) >= 11 is 6.38. The van der Waals surface area contributed by atoms with Gasteiger partial charge in [-0.1, -0.05) is 23.7 Å². The number of esters is 1. The summed E-state index contributed by atoms with van der Waals surface area (Å²) in [7, 11) is 0. The van der Waals surface area contributed by atoms with Crippen LogP contribution in [0.5, 0.6) is 11.5 Å². The number of halogens is 4. The van der Waals surface area contributed by atoms with Gasteiger partial charge in [-0.2, -0.15) is 13.2 Å². The molecule has 0 aliphatic carbocycles. The quantitative estimate of drug-likeness (QED) is 0.344. The Morgan fingerprint density at radius 2 is 1.67 bits per heavy atom. The summed E-state index contributed by atoms with van der Waals surface area (Å²) in [4.78, 5) is 24.9. The van der Waals surface area contributed by atoms with E-state index < -0.39 is 34.9 Å². The van der Waals surface area contributed by atoms with E-state index in [1.165, 1.54) is 18.2 Å². The van der Waals surface area contributed by atoms with Crippen molar-refractivity contribution in [2.75, 3.05) is 6.61 Å². The van der Waals surface area contributed by atoms with Gasteiger partial charge in [0.1, 0.15) is 22.6 Å². The lowest BCUT2D eigenvalue weighted by molar-refractivity contribution is -0.150. The Kier molecular flexibility index (Phi) is 9.65. The van der Waals surface area contributed by atoms with Crippen LogP contribution < -0.4 is 10.1 Å². The van der Waals surface area contributed by atoms with Crippen molar-refractivity contribution >= 4 is 23.7 Å². The Hall–Kier alpha value is -2.94. The number of carbonyl (C=O) groups excluding carboxylic acids is 2. The Morgan fingerprint density at radius 1 is 1.00 bits per heavy atom. The van der Waals surface area contributed by atoms with E-state index in [2.05, 4.69) is 5.32 Å². The van der Waals surface area contributed by atoms with Crippen molar-refractivity contribution in [1.82, 2.24) is 5.32 Å². The maximum atomic E-state index is 12.9. The van der Waals surface area contributed by atoms with Gasteiger partial charge in [-0.05, 0) is 89.8 Å². The largest absolute Gasteiger partial charge is 0.464 e. The fourth-order valence-corrected chi connectivity index (χ4v) is 3.60. The molecule has 1 N–H and O–H groups in total. The molecule has 0 bridgehead atoms. The van der Waals surface area contributed by atoms with Crippen molar-refractivity contribution in [2.24, 2.45) is 0 Å². The highest BCUT2D eigenvalue weighted by atomic mass is 35.5. The van der Waals surface area contributed by atoms with Gasteiger partial charge in [0, 0.05) is 5.02 Å². The second-order valence-corrected chi connectivity index (χ2v) is 9.82. The molecule has 0 saturated carbocycles. The number of rotatable bonds is 9. The Labute approximate surface area is 214 Å². The smallest absolute Gasteiger partial charge is 0.416 e. The van der Waals surface area contributed by atoms with E-state index in [0.29, 0.717) is 17.9 Å². The first-order chi connectivity index (χ1) is 16.6. The van der Waals surface area contributed by atoms with Crippen molar-refractivity contribution in [3.8, 4) is 11.5 Å². The molecule has 0 aliphatic rings. The Morgan fingerprint density at radius 3 is 2.25 bits per heavy atom. The van der Waals surface area contributed by atoms with E-state index in [1.54, 1.807) is 46.8 Å². The van der Waals surface area contributed by atoms with E-state index in [9.17, 15) is 22.8 Å². The number of alkyl carbamates (subject to hydrolysis) is 1. The zero-order chi connectivity index (χ0) is 27.1. The van der Waals surface area contributed by atoms with Crippen LogP contribution in [0, 0.1) is 0 Å². The van der Waals surface area contributed by atoms with Crippen molar-refractivity contribution in [1.29, 1.82) is 0 Å². The molecule has 1 atom stereocenters. The third-order valence-corrected chi connectivity index (χ3v) is 5.40. The molecular formula is C26H31ClF3NO5. The van der Waals surface area contributed by atoms with Crippen molar-refractivity contribution in [3.63, 3.8) is 0 Å². The molecule has 0 saturated heterocycles. The number of ether oxygens (including phenoxy) is 3. The highest BCUT2D eigenvalue weighted by Gasteiger charge is 2.37. The fraction of sp³-hybridized carbons (Fsp3) is 0.462. The first-order valence-corrected chi connectivity index (χ1v) is 11.8. The molecule has 0 spiro atoms. The third-order valence-electron chi connectivity index (χ3n) is 5.05. The molecule has 198 valence electrons. The average molecular weight is 530 g/mol. The average Bonchev–Trinajstić information content (AvgIpc) is 2.73. The van der Waals surface area contributed by atoms with Crippen LogP contribution in [-0.2, 0) is 26.9 Å². The van der Waals surface area contributed by atoms with Crippen LogP contribution in [0.3, 0.4) is 0 Å². The lowest BCUT2D eigenvalue weighted by Crippen LogP contribution is -2.54. The number of amides is 1. The Balaban J connectivity index is 2.06. The predicted molar refractivity (Wildman–Crippen MR) is 130 cm³/mol. The summed E-state index contributed by atoms with van der Waals surface area (Å²) < 4.78 is 54.7. The molecule has 2 aromatic rings. The first-order valence-electron chi connectivity index (χ1n) is 11.4. The second kappa shape index (κ2) is 11.9. The van der Waals surface area contributed by atoms with E-state index >= 15 is 0 Å². The first kappa shape index (κ1) is 29.3. The molecule has 6 nitrogen and oxygen atoms in total.